The van der Waals surface area contributed by atoms with Gasteiger partial charge in [0.1, 0.15) is 6.54 Å². The maximum Gasteiger partial charge on any atom is 0.348 e. The average molecular weight is 250 g/mol. The molecule has 0 radical (unpaired) electrons. The minimum absolute atomic E-state index is 0.0210. The predicted octanol–water partition coefficient (Wildman–Crippen LogP) is -0.708. The van der Waals surface area contributed by atoms with Crippen molar-refractivity contribution < 1.29 is 4.79 Å². The zero-order valence-electron chi connectivity index (χ0n) is 10.8. The summed E-state index contributed by atoms with van der Waals surface area (Å²) in [7, 11) is 0. The number of hydrogen-bond donors (Lipinski definition) is 1. The van der Waals surface area contributed by atoms with Crippen molar-refractivity contribution in [1.29, 1.82) is 0 Å². The molecule has 6 nitrogen and oxygen atoms in total. The quantitative estimate of drug-likeness (QED) is 0.753. The van der Waals surface area contributed by atoms with Crippen LogP contribution in [0.25, 0.3) is 0 Å². The second-order valence-electron chi connectivity index (χ2n) is 4.54. The van der Waals surface area contributed by atoms with Crippen LogP contribution in [0.2, 0.25) is 0 Å². The summed E-state index contributed by atoms with van der Waals surface area (Å²) in [5.74, 6) is -0.0210. The Hall–Kier alpha value is -1.69. The number of hydrogen-bond acceptors (Lipinski definition) is 4. The normalized spacial score (nSPS) is 15.8. The van der Waals surface area contributed by atoms with Crippen molar-refractivity contribution in [3.8, 4) is 0 Å². The first-order chi connectivity index (χ1) is 8.58. The number of carbonyl (C=O) groups is 1. The van der Waals surface area contributed by atoms with Gasteiger partial charge in [0.15, 0.2) is 0 Å². The Morgan fingerprint density at radius 1 is 1.39 bits per heavy atom. The molecule has 1 aromatic rings. The summed E-state index contributed by atoms with van der Waals surface area (Å²) < 4.78 is 1.43. The molecule has 0 atom stereocenters. The van der Waals surface area contributed by atoms with Gasteiger partial charge < -0.3 is 10.2 Å². The molecule has 1 aliphatic heterocycles. The highest BCUT2D eigenvalue weighted by Gasteiger charge is 2.17. The molecule has 0 aromatic carbocycles. The van der Waals surface area contributed by atoms with Gasteiger partial charge in [-0.15, -0.1) is 0 Å². The van der Waals surface area contributed by atoms with E-state index in [2.05, 4.69) is 10.3 Å². The van der Waals surface area contributed by atoms with Crippen molar-refractivity contribution in [3.63, 3.8) is 0 Å². The molecule has 0 aliphatic carbocycles. The molecular weight excluding hydrogens is 232 g/mol. The van der Waals surface area contributed by atoms with Crippen LogP contribution in [0.1, 0.15) is 11.4 Å². The molecule has 18 heavy (non-hydrogen) atoms. The Bertz CT molecular complexity index is 503. The van der Waals surface area contributed by atoms with Gasteiger partial charge in [-0.05, 0) is 19.9 Å². The van der Waals surface area contributed by atoms with E-state index < -0.39 is 0 Å². The summed E-state index contributed by atoms with van der Waals surface area (Å²) in [4.78, 5) is 29.5. The Labute approximate surface area is 106 Å². The molecule has 6 heteroatoms. The molecule has 1 N–H and O–H groups in total. The van der Waals surface area contributed by atoms with Gasteiger partial charge in [0, 0.05) is 37.6 Å². The van der Waals surface area contributed by atoms with Crippen molar-refractivity contribution in [2.45, 2.75) is 20.4 Å². The number of aryl methyl sites for hydroxylation is 2. The van der Waals surface area contributed by atoms with Gasteiger partial charge in [-0.3, -0.25) is 9.36 Å². The second kappa shape index (κ2) is 5.30. The monoisotopic (exact) mass is 250 g/mol. The van der Waals surface area contributed by atoms with Gasteiger partial charge in [-0.2, -0.15) is 4.98 Å². The first kappa shape index (κ1) is 12.8. The lowest BCUT2D eigenvalue weighted by Crippen LogP contribution is -2.48. The third kappa shape index (κ3) is 2.76. The van der Waals surface area contributed by atoms with Gasteiger partial charge in [0.25, 0.3) is 0 Å². The van der Waals surface area contributed by atoms with E-state index in [0.29, 0.717) is 18.8 Å². The van der Waals surface area contributed by atoms with Crippen molar-refractivity contribution in [1.82, 2.24) is 19.8 Å². The summed E-state index contributed by atoms with van der Waals surface area (Å²) >= 11 is 0. The van der Waals surface area contributed by atoms with E-state index in [0.717, 1.165) is 18.8 Å². The van der Waals surface area contributed by atoms with E-state index in [-0.39, 0.29) is 18.1 Å². The summed E-state index contributed by atoms with van der Waals surface area (Å²) in [5, 5.41) is 3.19. The molecule has 1 aromatic heterocycles. The number of aromatic nitrogens is 2. The minimum atomic E-state index is -0.351. The number of piperazine rings is 1. The smallest absolute Gasteiger partial charge is 0.339 e. The van der Waals surface area contributed by atoms with Crippen molar-refractivity contribution >= 4 is 5.91 Å². The van der Waals surface area contributed by atoms with Crippen LogP contribution in [0.15, 0.2) is 10.9 Å². The predicted molar refractivity (Wildman–Crippen MR) is 67.4 cm³/mol. The van der Waals surface area contributed by atoms with E-state index in [1.807, 2.05) is 13.0 Å². The van der Waals surface area contributed by atoms with Crippen molar-refractivity contribution in [3.05, 3.63) is 27.9 Å². The van der Waals surface area contributed by atoms with Gasteiger partial charge in [-0.1, -0.05) is 0 Å². The van der Waals surface area contributed by atoms with Crippen molar-refractivity contribution in [2.24, 2.45) is 0 Å². The van der Waals surface area contributed by atoms with E-state index in [9.17, 15) is 9.59 Å². The lowest BCUT2D eigenvalue weighted by Gasteiger charge is -2.27. The number of nitrogens with zero attached hydrogens (tertiary/aromatic N) is 3. The van der Waals surface area contributed by atoms with Crippen LogP contribution in [0.3, 0.4) is 0 Å². The molecule has 98 valence electrons. The number of rotatable bonds is 2. The van der Waals surface area contributed by atoms with Gasteiger partial charge >= 0.3 is 5.69 Å². The molecule has 1 fully saturated rings. The molecular formula is C12H18N4O2. The van der Waals surface area contributed by atoms with Crippen LogP contribution >= 0.6 is 0 Å². The highest BCUT2D eigenvalue weighted by molar-refractivity contribution is 5.76. The standard InChI is InChI=1S/C12H18N4O2/c1-9-7-10(2)16(12(18)14-9)8-11(17)15-5-3-13-4-6-15/h7,13H,3-6,8H2,1-2H3. The fraction of sp³-hybridized carbons (Fsp3) is 0.583. The maximum atomic E-state index is 12.1. The van der Waals surface area contributed by atoms with Gasteiger partial charge in [0.05, 0.1) is 0 Å². The fourth-order valence-corrected chi connectivity index (χ4v) is 2.12. The number of nitrogens with one attached hydrogen (secondary N) is 1. The van der Waals surface area contributed by atoms with E-state index in [4.69, 9.17) is 0 Å². The van der Waals surface area contributed by atoms with Crippen LogP contribution in [0.5, 0.6) is 0 Å². The summed E-state index contributed by atoms with van der Waals surface area (Å²) in [6.07, 6.45) is 0. The van der Waals surface area contributed by atoms with E-state index >= 15 is 0 Å². The topological polar surface area (TPSA) is 67.2 Å². The first-order valence-electron chi connectivity index (χ1n) is 6.11. The zero-order chi connectivity index (χ0) is 13.1. The van der Waals surface area contributed by atoms with Gasteiger partial charge in [0.2, 0.25) is 5.91 Å². The fourth-order valence-electron chi connectivity index (χ4n) is 2.12. The largest absolute Gasteiger partial charge is 0.348 e. The highest BCUT2D eigenvalue weighted by Crippen LogP contribution is 2.00. The Morgan fingerprint density at radius 3 is 2.67 bits per heavy atom. The Morgan fingerprint density at radius 2 is 2.06 bits per heavy atom. The lowest BCUT2D eigenvalue weighted by molar-refractivity contribution is -0.132. The van der Waals surface area contributed by atoms with Crippen molar-refractivity contribution in [2.75, 3.05) is 26.2 Å². The average Bonchev–Trinajstić information content (AvgIpc) is 2.34. The molecule has 1 saturated heterocycles. The summed E-state index contributed by atoms with van der Waals surface area (Å²) in [6, 6.07) is 1.81. The molecule has 2 rings (SSSR count). The molecule has 0 unspecified atom stereocenters. The molecule has 2 heterocycles. The second-order valence-corrected chi connectivity index (χ2v) is 4.54. The highest BCUT2D eigenvalue weighted by atomic mass is 16.2. The minimum Gasteiger partial charge on any atom is -0.339 e. The SMILES string of the molecule is Cc1cc(C)n(CC(=O)N2CCNCC2)c(=O)n1. The molecule has 0 saturated carbocycles. The molecule has 0 spiro atoms. The maximum absolute atomic E-state index is 12.1. The van der Waals surface area contributed by atoms with Crippen LogP contribution in [0.4, 0.5) is 0 Å². The zero-order valence-corrected chi connectivity index (χ0v) is 10.8. The Kier molecular flexibility index (Phi) is 3.76. The van der Waals surface area contributed by atoms with Crippen LogP contribution in [-0.2, 0) is 11.3 Å². The Balaban J connectivity index is 2.14. The van der Waals surface area contributed by atoms with E-state index in [1.54, 1.807) is 11.8 Å². The van der Waals surface area contributed by atoms with E-state index in [1.165, 1.54) is 4.57 Å². The molecule has 1 amide bonds. The third-order valence-electron chi connectivity index (χ3n) is 3.11. The van der Waals surface area contributed by atoms with Crippen LogP contribution < -0.4 is 11.0 Å². The number of carbonyl (C=O) groups excluding carboxylic acids is 1. The number of amides is 1. The molecule has 1 aliphatic rings. The van der Waals surface area contributed by atoms with Crippen LogP contribution in [0, 0.1) is 13.8 Å². The lowest BCUT2D eigenvalue weighted by atomic mass is 10.3. The first-order valence-corrected chi connectivity index (χ1v) is 6.11. The van der Waals surface area contributed by atoms with Crippen LogP contribution in [-0.4, -0.2) is 46.5 Å². The van der Waals surface area contributed by atoms with Gasteiger partial charge in [-0.25, -0.2) is 4.79 Å². The summed E-state index contributed by atoms with van der Waals surface area (Å²) in [5.41, 5.74) is 1.11. The summed E-state index contributed by atoms with van der Waals surface area (Å²) in [6.45, 7) is 6.70. The molecule has 0 bridgehead atoms. The third-order valence-corrected chi connectivity index (χ3v) is 3.11.